The first-order valence-electron chi connectivity index (χ1n) is 13.5. The number of Topliss-reactive ketones (excluding diaryl/α,β-unsaturated/α-hetero) is 1. The van der Waals surface area contributed by atoms with E-state index in [0.717, 1.165) is 0 Å². The van der Waals surface area contributed by atoms with Crippen LogP contribution >= 0.6 is 11.8 Å². The summed E-state index contributed by atoms with van der Waals surface area (Å²) in [7, 11) is 0. The van der Waals surface area contributed by atoms with Crippen LogP contribution in [0.1, 0.15) is 55.4 Å². The van der Waals surface area contributed by atoms with Crippen LogP contribution in [0.5, 0.6) is 11.5 Å². The number of fused-ring (bicyclic) bond motifs is 2. The van der Waals surface area contributed by atoms with E-state index in [1.54, 1.807) is 46.0 Å². The number of aromatic hydroxyl groups is 2. The summed E-state index contributed by atoms with van der Waals surface area (Å²) in [6.07, 6.45) is 1.02. The van der Waals surface area contributed by atoms with Gasteiger partial charge in [0, 0.05) is 35.2 Å². The van der Waals surface area contributed by atoms with Crippen LogP contribution in [0.15, 0.2) is 56.4 Å². The maximum absolute atomic E-state index is 13.6. The summed E-state index contributed by atoms with van der Waals surface area (Å²) >= 11 is 1.18. The van der Waals surface area contributed by atoms with Crippen molar-refractivity contribution in [1.29, 1.82) is 0 Å². The normalized spacial score (nSPS) is 16.6. The second-order valence-electron chi connectivity index (χ2n) is 11.1. The number of anilines is 1. The van der Waals surface area contributed by atoms with Gasteiger partial charge >= 0.3 is 12.1 Å². The molecule has 0 spiro atoms. The first-order valence-corrected chi connectivity index (χ1v) is 14.3. The van der Waals surface area contributed by atoms with E-state index in [9.17, 15) is 24.6 Å². The number of ether oxygens (including phenoxy) is 2. The number of rotatable bonds is 5. The number of esters is 1. The maximum atomic E-state index is 13.6. The number of hydrogen-bond donors (Lipinski definition) is 5. The van der Waals surface area contributed by atoms with Gasteiger partial charge in [0.25, 0.3) is 0 Å². The molecule has 3 aromatic heterocycles. The van der Waals surface area contributed by atoms with Crippen LogP contribution in [0.2, 0.25) is 0 Å². The molecule has 0 saturated carbocycles. The molecular weight excluding hydrogens is 578 g/mol. The molecular formula is C29H29N5O8S. The SMILES string of the molecule is CCOC(=O)c1[nH]cc2c1NC1=C(C(=O)CN(C(=O)OC(C)(C)C)C1)C2c1ccc(Sc2nc3cc(O)c(O)cc3[nH]2)o1. The molecule has 1 unspecified atom stereocenters. The summed E-state index contributed by atoms with van der Waals surface area (Å²) in [6.45, 7) is 7.00. The number of nitrogens with zero attached hydrogens (tertiary/aromatic N) is 2. The third kappa shape index (κ3) is 5.29. The molecule has 43 heavy (non-hydrogen) atoms. The highest BCUT2D eigenvalue weighted by molar-refractivity contribution is 7.99. The van der Waals surface area contributed by atoms with Gasteiger partial charge in [-0.15, -0.1) is 0 Å². The number of phenols is 2. The molecule has 0 saturated heterocycles. The summed E-state index contributed by atoms with van der Waals surface area (Å²) in [6, 6.07) is 6.22. The van der Waals surface area contributed by atoms with Crippen molar-refractivity contribution >= 4 is 46.3 Å². The van der Waals surface area contributed by atoms with Gasteiger partial charge in [-0.1, -0.05) is 0 Å². The minimum absolute atomic E-state index is 0.0559. The van der Waals surface area contributed by atoms with Crippen molar-refractivity contribution < 1.29 is 38.5 Å². The fourth-order valence-corrected chi connectivity index (χ4v) is 5.89. The van der Waals surface area contributed by atoms with E-state index in [2.05, 4.69) is 20.3 Å². The van der Waals surface area contributed by atoms with Gasteiger partial charge in [-0.2, -0.15) is 0 Å². The number of hydrogen-bond acceptors (Lipinski definition) is 11. The average molecular weight is 608 g/mol. The summed E-state index contributed by atoms with van der Waals surface area (Å²) < 4.78 is 17.0. The minimum atomic E-state index is -0.745. The number of benzene rings is 1. The molecule has 224 valence electrons. The van der Waals surface area contributed by atoms with Crippen LogP contribution in [-0.4, -0.2) is 73.2 Å². The Labute approximate surface area is 249 Å². The molecule has 14 heteroatoms. The van der Waals surface area contributed by atoms with Crippen molar-refractivity contribution in [3.63, 3.8) is 0 Å². The molecule has 5 N–H and O–H groups in total. The lowest BCUT2D eigenvalue weighted by Gasteiger charge is -2.36. The van der Waals surface area contributed by atoms with Gasteiger partial charge in [0.15, 0.2) is 27.5 Å². The number of nitrogens with one attached hydrogen (secondary N) is 3. The van der Waals surface area contributed by atoms with Gasteiger partial charge in [0.05, 0.1) is 42.3 Å². The number of imidazole rings is 1. The number of aromatic nitrogens is 3. The van der Waals surface area contributed by atoms with Crippen molar-refractivity contribution in [3.8, 4) is 11.5 Å². The second-order valence-corrected chi connectivity index (χ2v) is 12.1. The Hall–Kier alpha value is -4.85. The smallest absolute Gasteiger partial charge is 0.411 e. The molecule has 1 atom stereocenters. The van der Waals surface area contributed by atoms with Crippen LogP contribution in [0.3, 0.4) is 0 Å². The first-order chi connectivity index (χ1) is 20.4. The number of amides is 1. The molecule has 6 rings (SSSR count). The Morgan fingerprint density at radius 1 is 1.19 bits per heavy atom. The summed E-state index contributed by atoms with van der Waals surface area (Å²) in [5.74, 6) is -1.65. The van der Waals surface area contributed by atoms with Crippen LogP contribution in [0, 0.1) is 0 Å². The molecule has 4 aromatic rings. The Balaban J connectivity index is 1.36. The summed E-state index contributed by atoms with van der Waals surface area (Å²) in [5, 5.41) is 23.7. The van der Waals surface area contributed by atoms with Gasteiger partial charge in [0.2, 0.25) is 0 Å². The van der Waals surface area contributed by atoms with Gasteiger partial charge in [-0.3, -0.25) is 9.69 Å². The Morgan fingerprint density at radius 3 is 2.70 bits per heavy atom. The van der Waals surface area contributed by atoms with Crippen molar-refractivity contribution in [2.45, 2.75) is 49.5 Å². The van der Waals surface area contributed by atoms with Crippen molar-refractivity contribution in [1.82, 2.24) is 19.9 Å². The van der Waals surface area contributed by atoms with E-state index in [1.807, 2.05) is 0 Å². The molecule has 2 aliphatic heterocycles. The fourth-order valence-electron chi connectivity index (χ4n) is 5.12. The highest BCUT2D eigenvalue weighted by atomic mass is 32.2. The van der Waals surface area contributed by atoms with E-state index >= 15 is 0 Å². The summed E-state index contributed by atoms with van der Waals surface area (Å²) in [4.78, 5) is 51.1. The Bertz CT molecular complexity index is 1770. The predicted octanol–water partition coefficient (Wildman–Crippen LogP) is 4.85. The average Bonchev–Trinajstić information content (AvgIpc) is 3.65. The van der Waals surface area contributed by atoms with Crippen LogP contribution in [0.4, 0.5) is 10.5 Å². The number of ketones is 1. The molecule has 1 aromatic carbocycles. The largest absolute Gasteiger partial charge is 0.504 e. The quantitative estimate of drug-likeness (QED) is 0.154. The molecule has 2 aliphatic rings. The van der Waals surface area contributed by atoms with Crippen molar-refractivity contribution in [2.24, 2.45) is 0 Å². The third-order valence-corrected chi connectivity index (χ3v) is 7.67. The second kappa shape index (κ2) is 10.5. The standard InChI is InChI=1S/C29H29N5O8S/c1-5-40-26(38)25-24-13(10-30-25)22(23-16(31-24)11-34(12-19(23)37)28(39)42-29(2,3)4)20-6-7-21(41-20)43-27-32-14-8-17(35)18(36)9-15(14)33-27/h6-10,22,30-31,35-36H,5,11-12H2,1-4H3,(H,32,33). The lowest BCUT2D eigenvalue weighted by molar-refractivity contribution is -0.117. The molecule has 13 nitrogen and oxygen atoms in total. The van der Waals surface area contributed by atoms with Gasteiger partial charge in [0.1, 0.15) is 17.1 Å². The monoisotopic (exact) mass is 607 g/mol. The van der Waals surface area contributed by atoms with Crippen molar-refractivity contribution in [2.75, 3.05) is 25.0 Å². The van der Waals surface area contributed by atoms with E-state index < -0.39 is 23.6 Å². The zero-order valence-electron chi connectivity index (χ0n) is 23.7. The van der Waals surface area contributed by atoms with Crippen LogP contribution < -0.4 is 5.32 Å². The van der Waals surface area contributed by atoms with Gasteiger partial charge < -0.3 is 39.4 Å². The molecule has 0 radical (unpaired) electrons. The lowest BCUT2D eigenvalue weighted by atomic mass is 9.81. The number of carbonyl (C=O) groups is 3. The van der Waals surface area contributed by atoms with Crippen molar-refractivity contribution in [3.05, 3.63) is 58.8 Å². The highest BCUT2D eigenvalue weighted by Gasteiger charge is 2.42. The predicted molar refractivity (Wildman–Crippen MR) is 154 cm³/mol. The topological polar surface area (TPSA) is 183 Å². The lowest BCUT2D eigenvalue weighted by Crippen LogP contribution is -2.47. The highest BCUT2D eigenvalue weighted by Crippen LogP contribution is 2.46. The molecule has 0 bridgehead atoms. The Kier molecular flexibility index (Phi) is 6.87. The van der Waals surface area contributed by atoms with E-state index in [0.29, 0.717) is 49.6 Å². The maximum Gasteiger partial charge on any atom is 0.411 e. The molecule has 1 amide bonds. The van der Waals surface area contributed by atoms with Crippen LogP contribution in [0.25, 0.3) is 11.0 Å². The number of phenolic OH excluding ortho intramolecular Hbond substituents is 2. The van der Waals surface area contributed by atoms with E-state index in [1.165, 1.54) is 28.8 Å². The summed E-state index contributed by atoms with van der Waals surface area (Å²) in [5.41, 5.74) is 2.35. The minimum Gasteiger partial charge on any atom is -0.504 e. The number of aromatic amines is 2. The Morgan fingerprint density at radius 2 is 1.95 bits per heavy atom. The zero-order chi connectivity index (χ0) is 30.6. The first kappa shape index (κ1) is 28.3. The molecule has 5 heterocycles. The van der Waals surface area contributed by atoms with Gasteiger partial charge in [-0.05, 0) is 51.6 Å². The molecule has 0 aliphatic carbocycles. The number of carbonyl (C=O) groups excluding carboxylic acids is 3. The number of furan rings is 1. The fraction of sp³-hybridized carbons (Fsp3) is 0.310. The van der Waals surface area contributed by atoms with Gasteiger partial charge in [-0.25, -0.2) is 14.6 Å². The third-order valence-electron chi connectivity index (χ3n) is 6.87. The number of H-pyrrole nitrogens is 2. The molecule has 0 fully saturated rings. The van der Waals surface area contributed by atoms with Crippen LogP contribution in [-0.2, 0) is 14.3 Å². The van der Waals surface area contributed by atoms with E-state index in [4.69, 9.17) is 13.9 Å². The zero-order valence-corrected chi connectivity index (χ0v) is 24.5. The van der Waals surface area contributed by atoms with E-state index in [-0.39, 0.29) is 42.7 Å².